The molecule has 1 aromatic carbocycles. The normalized spacial score (nSPS) is 13.4. The fourth-order valence-electron chi connectivity index (χ4n) is 1.34. The fraction of sp³-hybridized carbons (Fsp3) is 0.222. The van der Waals surface area contributed by atoms with E-state index in [1.165, 1.54) is 4.57 Å². The van der Waals surface area contributed by atoms with Gasteiger partial charge in [-0.15, -0.1) is 0 Å². The molecule has 1 unspecified atom stereocenters. The standard InChI is InChI=1S/C9H9NO2S/c1-6(11)10-7-4-2-3-5-8(7)13-9(10)12/h2-6,11H,1H3. The lowest BCUT2D eigenvalue weighted by Gasteiger charge is -2.05. The van der Waals surface area contributed by atoms with Crippen LogP contribution < -0.4 is 4.87 Å². The van der Waals surface area contributed by atoms with Crippen LogP contribution in [-0.4, -0.2) is 9.67 Å². The molecule has 4 heteroatoms. The fourth-order valence-corrected chi connectivity index (χ4v) is 2.29. The lowest BCUT2D eigenvalue weighted by molar-refractivity contribution is 0.127. The van der Waals surface area contributed by atoms with E-state index in [1.54, 1.807) is 6.92 Å². The summed E-state index contributed by atoms with van der Waals surface area (Å²) < 4.78 is 2.30. The SMILES string of the molecule is CC(O)n1c(=O)sc2ccccc21. The Labute approximate surface area is 78.9 Å². The van der Waals surface area contributed by atoms with Crippen molar-refractivity contribution < 1.29 is 5.11 Å². The molecule has 1 heterocycles. The number of aliphatic hydroxyl groups excluding tert-OH is 1. The molecule has 1 N–H and O–H groups in total. The molecule has 1 atom stereocenters. The van der Waals surface area contributed by atoms with Gasteiger partial charge in [-0.1, -0.05) is 23.5 Å². The van der Waals surface area contributed by atoms with Crippen LogP contribution >= 0.6 is 11.3 Å². The zero-order chi connectivity index (χ0) is 9.42. The largest absolute Gasteiger partial charge is 0.373 e. The lowest BCUT2D eigenvalue weighted by atomic mass is 10.3. The lowest BCUT2D eigenvalue weighted by Crippen LogP contribution is -2.16. The minimum absolute atomic E-state index is 0.115. The van der Waals surface area contributed by atoms with Gasteiger partial charge in [0.25, 0.3) is 0 Å². The van der Waals surface area contributed by atoms with E-state index in [0.717, 1.165) is 21.6 Å². The smallest absolute Gasteiger partial charge is 0.310 e. The molecule has 2 aromatic rings. The van der Waals surface area contributed by atoms with Crippen molar-refractivity contribution in [1.82, 2.24) is 4.57 Å². The molecule has 0 saturated heterocycles. The third-order valence-electron chi connectivity index (χ3n) is 1.89. The second-order valence-corrected chi connectivity index (χ2v) is 3.83. The first kappa shape index (κ1) is 8.47. The first-order valence-corrected chi connectivity index (χ1v) is 4.80. The first-order valence-electron chi connectivity index (χ1n) is 3.98. The molecule has 0 spiro atoms. The van der Waals surface area contributed by atoms with Crippen LogP contribution in [0.5, 0.6) is 0 Å². The number of aliphatic hydroxyl groups is 1. The Morgan fingerprint density at radius 2 is 2.15 bits per heavy atom. The quantitative estimate of drug-likeness (QED) is 0.750. The molecular formula is C9H9NO2S. The average Bonchev–Trinajstić information content (AvgIpc) is 2.39. The predicted molar refractivity (Wildman–Crippen MR) is 53.0 cm³/mol. The second-order valence-electron chi connectivity index (χ2n) is 2.84. The van der Waals surface area contributed by atoms with Gasteiger partial charge in [-0.2, -0.15) is 0 Å². The van der Waals surface area contributed by atoms with Crippen LogP contribution in [0.25, 0.3) is 10.2 Å². The average molecular weight is 195 g/mol. The van der Waals surface area contributed by atoms with Crippen molar-refractivity contribution >= 4 is 21.6 Å². The van der Waals surface area contributed by atoms with Crippen LogP contribution in [0, 0.1) is 0 Å². The van der Waals surface area contributed by atoms with Gasteiger partial charge in [-0.25, -0.2) is 0 Å². The Morgan fingerprint density at radius 3 is 2.85 bits per heavy atom. The van der Waals surface area contributed by atoms with Gasteiger partial charge in [0.15, 0.2) is 0 Å². The van der Waals surface area contributed by atoms with Crippen LogP contribution in [0.3, 0.4) is 0 Å². The number of aromatic nitrogens is 1. The van der Waals surface area contributed by atoms with Crippen LogP contribution in [-0.2, 0) is 0 Å². The highest BCUT2D eigenvalue weighted by Crippen LogP contribution is 2.18. The van der Waals surface area contributed by atoms with Crippen molar-refractivity contribution in [2.75, 3.05) is 0 Å². The van der Waals surface area contributed by atoms with E-state index < -0.39 is 6.23 Å². The van der Waals surface area contributed by atoms with Crippen molar-refractivity contribution in [3.05, 3.63) is 33.9 Å². The summed E-state index contributed by atoms with van der Waals surface area (Å²) in [6.07, 6.45) is -0.761. The maximum absolute atomic E-state index is 11.4. The molecule has 1 aromatic heterocycles. The van der Waals surface area contributed by atoms with Gasteiger partial charge in [0, 0.05) is 0 Å². The summed E-state index contributed by atoms with van der Waals surface area (Å²) in [5, 5.41) is 9.36. The number of para-hydroxylation sites is 1. The Bertz CT molecular complexity index is 484. The molecule has 2 rings (SSSR count). The molecule has 0 aliphatic carbocycles. The monoisotopic (exact) mass is 195 g/mol. The number of rotatable bonds is 1. The van der Waals surface area contributed by atoms with Crippen molar-refractivity contribution in [1.29, 1.82) is 0 Å². The summed E-state index contributed by atoms with van der Waals surface area (Å²) in [4.78, 5) is 11.3. The zero-order valence-electron chi connectivity index (χ0n) is 7.10. The van der Waals surface area contributed by atoms with Crippen molar-refractivity contribution in [3.63, 3.8) is 0 Å². The maximum Gasteiger partial charge on any atom is 0.310 e. The Hall–Kier alpha value is -1.13. The van der Waals surface area contributed by atoms with E-state index >= 15 is 0 Å². The first-order chi connectivity index (χ1) is 6.20. The van der Waals surface area contributed by atoms with Gasteiger partial charge >= 0.3 is 4.87 Å². The Morgan fingerprint density at radius 1 is 1.46 bits per heavy atom. The van der Waals surface area contributed by atoms with Crippen molar-refractivity contribution in [2.24, 2.45) is 0 Å². The molecule has 0 bridgehead atoms. The molecule has 0 saturated carbocycles. The number of thiazole rings is 1. The minimum atomic E-state index is -0.761. The number of nitrogens with zero attached hydrogens (tertiary/aromatic N) is 1. The number of hydrogen-bond donors (Lipinski definition) is 1. The summed E-state index contributed by atoms with van der Waals surface area (Å²) in [5.74, 6) is 0. The molecule has 13 heavy (non-hydrogen) atoms. The van der Waals surface area contributed by atoms with E-state index in [0.29, 0.717) is 0 Å². The highest BCUT2D eigenvalue weighted by Gasteiger charge is 2.09. The van der Waals surface area contributed by atoms with Crippen molar-refractivity contribution in [2.45, 2.75) is 13.2 Å². The summed E-state index contributed by atoms with van der Waals surface area (Å²) in [5.41, 5.74) is 0.799. The second kappa shape index (κ2) is 2.97. The minimum Gasteiger partial charge on any atom is -0.373 e. The highest BCUT2D eigenvalue weighted by molar-refractivity contribution is 7.16. The van der Waals surface area contributed by atoms with Gasteiger partial charge in [-0.3, -0.25) is 9.36 Å². The van der Waals surface area contributed by atoms with E-state index in [2.05, 4.69) is 0 Å². The number of fused-ring (bicyclic) bond motifs is 1. The molecule has 0 radical (unpaired) electrons. The third-order valence-corrected chi connectivity index (χ3v) is 2.83. The van der Waals surface area contributed by atoms with Gasteiger partial charge in [0.2, 0.25) is 0 Å². The van der Waals surface area contributed by atoms with E-state index in [4.69, 9.17) is 0 Å². The zero-order valence-corrected chi connectivity index (χ0v) is 7.91. The maximum atomic E-state index is 11.4. The topological polar surface area (TPSA) is 42.2 Å². The van der Waals surface area contributed by atoms with Gasteiger partial charge < -0.3 is 5.11 Å². The van der Waals surface area contributed by atoms with Gasteiger partial charge in [0.05, 0.1) is 10.2 Å². The van der Waals surface area contributed by atoms with Crippen LogP contribution in [0.1, 0.15) is 13.2 Å². The summed E-state index contributed by atoms with van der Waals surface area (Å²) >= 11 is 1.15. The molecular weight excluding hydrogens is 186 g/mol. The number of benzene rings is 1. The number of hydrogen-bond acceptors (Lipinski definition) is 3. The van der Waals surface area contributed by atoms with Crippen LogP contribution in [0.15, 0.2) is 29.1 Å². The molecule has 0 aliphatic heterocycles. The summed E-state index contributed by atoms with van der Waals surface area (Å²) in [7, 11) is 0. The molecule has 0 amide bonds. The molecule has 0 aliphatic rings. The summed E-state index contributed by atoms with van der Waals surface area (Å²) in [6.45, 7) is 1.58. The molecule has 68 valence electrons. The highest BCUT2D eigenvalue weighted by atomic mass is 32.1. The van der Waals surface area contributed by atoms with E-state index in [-0.39, 0.29) is 4.87 Å². The van der Waals surface area contributed by atoms with Gasteiger partial charge in [0.1, 0.15) is 6.23 Å². The van der Waals surface area contributed by atoms with Gasteiger partial charge in [-0.05, 0) is 19.1 Å². The third kappa shape index (κ3) is 1.28. The van der Waals surface area contributed by atoms with Crippen molar-refractivity contribution in [3.8, 4) is 0 Å². The Balaban J connectivity index is 2.87. The molecule has 0 fully saturated rings. The van der Waals surface area contributed by atoms with E-state index in [9.17, 15) is 9.90 Å². The molecule has 3 nitrogen and oxygen atoms in total. The van der Waals surface area contributed by atoms with E-state index in [1.807, 2.05) is 24.3 Å². The Kier molecular flexibility index (Phi) is 1.94. The van der Waals surface area contributed by atoms with Crippen LogP contribution in [0.2, 0.25) is 0 Å². The summed E-state index contributed by atoms with van der Waals surface area (Å²) in [6, 6.07) is 7.44. The van der Waals surface area contributed by atoms with Crippen LogP contribution in [0.4, 0.5) is 0 Å². The predicted octanol–water partition coefficient (Wildman–Crippen LogP) is 1.57.